The number of aliphatic hydroxyl groups excluding tert-OH is 2. The fraction of sp³-hybridized carbons (Fsp3) is 0.500. The molecule has 0 bridgehead atoms. The first-order valence-corrected chi connectivity index (χ1v) is 10.3. The summed E-state index contributed by atoms with van der Waals surface area (Å²) in [5.41, 5.74) is 4.58. The monoisotopic (exact) mass is 487 g/mol. The van der Waals surface area contributed by atoms with Gasteiger partial charge in [0.05, 0.1) is 12.9 Å². The van der Waals surface area contributed by atoms with Crippen molar-refractivity contribution in [2.75, 3.05) is 12.3 Å². The molecule has 0 aromatic carbocycles. The molecule has 0 saturated carbocycles. The Labute approximate surface area is 211 Å². The summed E-state index contributed by atoms with van der Waals surface area (Å²) in [6.07, 6.45) is -5.07. The van der Waals surface area contributed by atoms with Crippen molar-refractivity contribution in [3.63, 3.8) is 0 Å². The molecule has 0 spiro atoms. The number of hydrogen-bond donors (Lipinski definition) is 5. The molecule has 30 heavy (non-hydrogen) atoms. The van der Waals surface area contributed by atoms with Crippen LogP contribution in [0.1, 0.15) is 6.23 Å². The number of phosphoric ester groups is 1. The summed E-state index contributed by atoms with van der Waals surface area (Å²) in [4.78, 5) is 51.9. The maximum atomic E-state index is 11.8. The standard InChI is InChI=1S/C10H15N5O11P2.2Na/c11-10-13-7-4(8(18)14-10)12-2-15(7)9-6(17)5(16)3(25-9)1-24-28(22,23)26-27(19,20)21;;/h2-3,5-6,9,16-17H,1H2,(H,22,23)(H2,19,20,21)(H3,11,13,14,18);;/q;2*+1/p-2/t3-,5+,6+,9-;;/m1../s1. The van der Waals surface area contributed by atoms with Crippen LogP contribution in [0.25, 0.3) is 11.2 Å². The van der Waals surface area contributed by atoms with Gasteiger partial charge in [-0.15, -0.1) is 0 Å². The molecule has 6 N–H and O–H groups in total. The van der Waals surface area contributed by atoms with Gasteiger partial charge in [0.15, 0.2) is 17.4 Å². The Balaban J connectivity index is 0.00000225. The van der Waals surface area contributed by atoms with Gasteiger partial charge < -0.3 is 39.9 Å². The Bertz CT molecular complexity index is 1040. The number of aromatic nitrogens is 4. The second-order valence-electron chi connectivity index (χ2n) is 5.61. The number of nitrogens with two attached hydrogens (primary N) is 1. The molecule has 2 aromatic rings. The summed E-state index contributed by atoms with van der Waals surface area (Å²) in [6, 6.07) is 0. The molecule has 1 aliphatic heterocycles. The zero-order chi connectivity index (χ0) is 20.9. The first-order chi connectivity index (χ1) is 12.9. The van der Waals surface area contributed by atoms with E-state index in [9.17, 15) is 33.9 Å². The molecule has 3 rings (SSSR count). The van der Waals surface area contributed by atoms with E-state index in [1.807, 2.05) is 0 Å². The van der Waals surface area contributed by atoms with Crippen LogP contribution in [-0.2, 0) is 22.7 Å². The predicted octanol–water partition coefficient (Wildman–Crippen LogP) is -9.71. The van der Waals surface area contributed by atoms with Gasteiger partial charge >= 0.3 is 59.1 Å². The van der Waals surface area contributed by atoms with Crippen molar-refractivity contribution in [3.05, 3.63) is 16.7 Å². The topological polar surface area (TPSA) is 258 Å². The van der Waals surface area contributed by atoms with Crippen LogP contribution in [0.2, 0.25) is 0 Å². The number of H-pyrrole nitrogens is 1. The molecule has 0 amide bonds. The second kappa shape index (κ2) is 10.5. The largest absolute Gasteiger partial charge is 1.00 e. The maximum Gasteiger partial charge on any atom is 1.00 e. The molecule has 156 valence electrons. The Morgan fingerprint density at radius 3 is 2.53 bits per heavy atom. The fourth-order valence-corrected chi connectivity index (χ4v) is 4.07. The van der Waals surface area contributed by atoms with Gasteiger partial charge in [-0.1, -0.05) is 0 Å². The number of hydrogen-bond acceptors (Lipinski definition) is 13. The van der Waals surface area contributed by atoms with Crippen molar-refractivity contribution < 1.29 is 107 Å². The van der Waals surface area contributed by atoms with Gasteiger partial charge in [-0.2, -0.15) is 4.98 Å². The van der Waals surface area contributed by atoms with Gasteiger partial charge in [0.2, 0.25) is 5.95 Å². The van der Waals surface area contributed by atoms with E-state index < -0.39 is 52.4 Å². The molecular formula is C10H13N5Na2O11P2. The molecule has 16 nitrogen and oxygen atoms in total. The van der Waals surface area contributed by atoms with Gasteiger partial charge in [-0.25, -0.2) is 9.29 Å². The van der Waals surface area contributed by atoms with Crippen LogP contribution < -0.4 is 80.2 Å². The van der Waals surface area contributed by atoms with Crippen molar-refractivity contribution in [1.29, 1.82) is 0 Å². The van der Waals surface area contributed by atoms with Crippen LogP contribution in [0.3, 0.4) is 0 Å². The van der Waals surface area contributed by atoms with Crippen molar-refractivity contribution in [2.24, 2.45) is 0 Å². The smallest absolute Gasteiger partial charge is 0.756 e. The third-order valence-electron chi connectivity index (χ3n) is 3.66. The minimum absolute atomic E-state index is 0. The molecular weight excluding hydrogens is 474 g/mol. The Hall–Kier alpha value is 0.290. The summed E-state index contributed by atoms with van der Waals surface area (Å²) in [5.74, 6) is -0.248. The van der Waals surface area contributed by atoms with E-state index in [0.717, 1.165) is 10.9 Å². The molecule has 6 atom stereocenters. The van der Waals surface area contributed by atoms with E-state index in [1.54, 1.807) is 0 Å². The number of nitrogens with zero attached hydrogens (tertiary/aromatic N) is 3. The Kier molecular flexibility index (Phi) is 9.90. The molecule has 3 heterocycles. The number of rotatable bonds is 6. The number of fused-ring (bicyclic) bond motifs is 1. The van der Waals surface area contributed by atoms with E-state index >= 15 is 0 Å². The van der Waals surface area contributed by atoms with Crippen LogP contribution in [0.15, 0.2) is 11.1 Å². The average Bonchev–Trinajstić information content (AvgIpc) is 3.06. The summed E-state index contributed by atoms with van der Waals surface area (Å²) < 4.78 is 35.8. The van der Waals surface area contributed by atoms with E-state index in [1.165, 1.54) is 0 Å². The zero-order valence-corrected chi connectivity index (χ0v) is 21.3. The second-order valence-corrected chi connectivity index (χ2v) is 8.36. The maximum absolute atomic E-state index is 11.8. The number of nitrogen functional groups attached to an aromatic ring is 1. The van der Waals surface area contributed by atoms with Crippen molar-refractivity contribution >= 4 is 32.8 Å². The van der Waals surface area contributed by atoms with E-state index in [4.69, 9.17) is 15.4 Å². The van der Waals surface area contributed by atoms with Crippen LogP contribution >= 0.6 is 15.6 Å². The van der Waals surface area contributed by atoms with Gasteiger partial charge in [-0.05, 0) is 0 Å². The summed E-state index contributed by atoms with van der Waals surface area (Å²) in [6.45, 7) is -0.960. The molecule has 1 fully saturated rings. The number of aromatic amines is 1. The van der Waals surface area contributed by atoms with Crippen molar-refractivity contribution in [2.45, 2.75) is 24.5 Å². The van der Waals surface area contributed by atoms with Gasteiger partial charge in [0.25, 0.3) is 21.2 Å². The third-order valence-corrected chi connectivity index (χ3v) is 5.75. The molecule has 2 aromatic heterocycles. The van der Waals surface area contributed by atoms with Gasteiger partial charge in [-0.3, -0.25) is 23.5 Å². The molecule has 0 radical (unpaired) electrons. The quantitative estimate of drug-likeness (QED) is 0.187. The molecule has 0 aliphatic carbocycles. The van der Waals surface area contributed by atoms with Crippen molar-refractivity contribution in [3.8, 4) is 0 Å². The number of nitrogens with one attached hydrogen (secondary N) is 1. The molecule has 20 heteroatoms. The number of aliphatic hydroxyl groups is 2. The van der Waals surface area contributed by atoms with Crippen LogP contribution in [0.4, 0.5) is 5.95 Å². The Morgan fingerprint density at radius 1 is 1.30 bits per heavy atom. The number of imidazole rings is 1. The van der Waals surface area contributed by atoms with E-state index in [0.29, 0.717) is 0 Å². The number of anilines is 1. The third kappa shape index (κ3) is 6.42. The Morgan fingerprint density at radius 2 is 1.93 bits per heavy atom. The molecule has 1 aliphatic rings. The van der Waals surface area contributed by atoms with Gasteiger partial charge in [0, 0.05) is 0 Å². The summed E-state index contributed by atoms with van der Waals surface area (Å²) in [7, 11) is -11.1. The predicted molar refractivity (Wildman–Crippen MR) is 83.0 cm³/mol. The van der Waals surface area contributed by atoms with Crippen molar-refractivity contribution in [1.82, 2.24) is 19.5 Å². The minimum Gasteiger partial charge on any atom is -0.756 e. The first-order valence-electron chi connectivity index (χ1n) is 7.32. The summed E-state index contributed by atoms with van der Waals surface area (Å²) >= 11 is 0. The van der Waals surface area contributed by atoms with E-state index in [-0.39, 0.29) is 76.2 Å². The molecule has 2 unspecified atom stereocenters. The summed E-state index contributed by atoms with van der Waals surface area (Å²) in [5, 5.41) is 20.2. The SMILES string of the molecule is Nc1nc2c(ncn2[C@@H]2O[C@H](COP(=O)([O-])OP(=O)([O-])O)[C@H](O)[C@@H]2O)c(=O)[nH]1.[Na+].[Na+]. The van der Waals surface area contributed by atoms with Crippen LogP contribution in [-0.4, -0.2) is 59.5 Å². The normalized spacial score (nSPS) is 27.6. The number of ether oxygens (including phenoxy) is 1. The molecule has 1 saturated heterocycles. The van der Waals surface area contributed by atoms with E-state index in [2.05, 4.69) is 23.8 Å². The fourth-order valence-electron chi connectivity index (χ4n) is 2.54. The van der Waals surface area contributed by atoms with Crippen LogP contribution in [0.5, 0.6) is 0 Å². The van der Waals surface area contributed by atoms with Gasteiger partial charge in [0.1, 0.15) is 18.3 Å². The minimum atomic E-state index is -5.63. The average molecular weight is 487 g/mol. The first kappa shape index (κ1) is 28.3. The number of phosphoric acid groups is 2. The zero-order valence-electron chi connectivity index (χ0n) is 15.5. The van der Waals surface area contributed by atoms with Crippen LogP contribution in [0, 0.1) is 0 Å².